The summed E-state index contributed by atoms with van der Waals surface area (Å²) in [6, 6.07) is 17.6. The fraction of sp³-hybridized carbons (Fsp3) is 0.471. The predicted molar refractivity (Wildman–Crippen MR) is 185 cm³/mol. The van der Waals surface area contributed by atoms with Crippen molar-refractivity contribution >= 4 is 22.6 Å². The molecule has 1 heterocycles. The van der Waals surface area contributed by atoms with E-state index in [-0.39, 0.29) is 50.1 Å². The van der Waals surface area contributed by atoms with Gasteiger partial charge in [-0.05, 0) is 92.2 Å². The van der Waals surface area contributed by atoms with Gasteiger partial charge in [0.1, 0.15) is 58.8 Å². The van der Waals surface area contributed by atoms with E-state index in [2.05, 4.69) is 38.5 Å². The molecule has 1 saturated heterocycles. The fourth-order valence-electron chi connectivity index (χ4n) is 4.82. The van der Waals surface area contributed by atoms with E-state index in [0.717, 1.165) is 11.3 Å². The number of hydrogen-bond acceptors (Lipinski definition) is 12. The molecule has 0 spiro atoms. The maximum Gasteiger partial charge on any atom is 0.139 e. The van der Waals surface area contributed by atoms with Crippen molar-refractivity contribution in [1.29, 1.82) is 0 Å². The van der Waals surface area contributed by atoms with Gasteiger partial charge in [-0.2, -0.15) is 0 Å². The number of halogens is 1. The number of hydrogen-bond donors (Lipinski definition) is 7. The van der Waals surface area contributed by atoms with Crippen LogP contribution in [-0.4, -0.2) is 75.9 Å². The van der Waals surface area contributed by atoms with Crippen molar-refractivity contribution in [2.24, 2.45) is 0 Å². The molecular weight excluding hydrogens is 721 g/mol. The zero-order chi connectivity index (χ0) is 33.9. The van der Waals surface area contributed by atoms with E-state index >= 15 is 0 Å². The van der Waals surface area contributed by atoms with Gasteiger partial charge in [0.05, 0.1) is 43.9 Å². The van der Waals surface area contributed by atoms with Crippen LogP contribution in [-0.2, 0) is 9.47 Å². The zero-order valence-electron chi connectivity index (χ0n) is 27.1. The van der Waals surface area contributed by atoms with Crippen LogP contribution in [0.3, 0.4) is 0 Å². The lowest BCUT2D eigenvalue weighted by atomic mass is 10.0. The second-order valence-electron chi connectivity index (χ2n) is 11.8. The van der Waals surface area contributed by atoms with E-state index in [1.165, 1.54) is 12.1 Å². The number of phenols is 2. The van der Waals surface area contributed by atoms with Gasteiger partial charge >= 0.3 is 0 Å². The number of phenolic OH excluding ortho intramolecular Hbond substituents is 2. The summed E-state index contributed by atoms with van der Waals surface area (Å²) in [5.41, 5.74) is 2.02. The monoisotopic (exact) mass is 767 g/mol. The smallest absolute Gasteiger partial charge is 0.139 e. The third kappa shape index (κ3) is 11.4. The highest BCUT2D eigenvalue weighted by atomic mass is 127. The molecule has 0 aromatic heterocycles. The van der Waals surface area contributed by atoms with Crippen molar-refractivity contribution in [2.45, 2.75) is 70.6 Å². The molecule has 12 nitrogen and oxygen atoms in total. The van der Waals surface area contributed by atoms with Crippen LogP contribution >= 0.6 is 22.6 Å². The molecule has 1 aliphatic rings. The first-order valence-corrected chi connectivity index (χ1v) is 17.1. The number of rotatable bonds is 17. The molecule has 1 aliphatic heterocycles. The second kappa shape index (κ2) is 18.0. The van der Waals surface area contributed by atoms with E-state index < -0.39 is 30.7 Å². The molecule has 0 aliphatic carbocycles. The van der Waals surface area contributed by atoms with Crippen LogP contribution in [0.15, 0.2) is 60.7 Å². The average Bonchev–Trinajstić information content (AvgIpc) is 3.04. The molecule has 7 N–H and O–H groups in total. The molecule has 0 bridgehead atoms. The Balaban J connectivity index is 1.52. The van der Waals surface area contributed by atoms with Gasteiger partial charge in [-0.25, -0.2) is 0 Å². The second-order valence-corrected chi connectivity index (χ2v) is 12.4. The molecule has 258 valence electrons. The van der Waals surface area contributed by atoms with Crippen molar-refractivity contribution in [1.82, 2.24) is 16.0 Å². The van der Waals surface area contributed by atoms with Gasteiger partial charge in [-0.15, -0.1) is 0 Å². The van der Waals surface area contributed by atoms with Crippen molar-refractivity contribution in [2.75, 3.05) is 31.0 Å². The third-order valence-electron chi connectivity index (χ3n) is 7.19. The highest BCUT2D eigenvalue weighted by molar-refractivity contribution is 14.1. The van der Waals surface area contributed by atoms with Crippen LogP contribution in [0.25, 0.3) is 0 Å². The Labute approximate surface area is 289 Å². The molecule has 47 heavy (non-hydrogen) atoms. The van der Waals surface area contributed by atoms with Gasteiger partial charge in [-0.1, -0.05) is 12.1 Å². The number of aromatic hydroxyl groups is 2. The summed E-state index contributed by atoms with van der Waals surface area (Å²) in [7, 11) is 0. The third-order valence-corrected chi connectivity index (χ3v) is 7.50. The lowest BCUT2D eigenvalue weighted by Gasteiger charge is -2.40. The van der Waals surface area contributed by atoms with E-state index in [1.807, 2.05) is 52.0 Å². The lowest BCUT2D eigenvalue weighted by molar-refractivity contribution is -0.0123. The van der Waals surface area contributed by atoms with Crippen molar-refractivity contribution in [3.63, 3.8) is 0 Å². The summed E-state index contributed by atoms with van der Waals surface area (Å²) in [5.74, 6) is 1.51. The first-order valence-electron chi connectivity index (χ1n) is 15.6. The van der Waals surface area contributed by atoms with E-state index in [9.17, 15) is 20.4 Å². The fourth-order valence-corrected chi connectivity index (χ4v) is 5.18. The Morgan fingerprint density at radius 2 is 1.02 bits per heavy atom. The first kappa shape index (κ1) is 36.9. The molecule has 4 unspecified atom stereocenters. The number of aliphatic hydroxyl groups excluding tert-OH is 2. The largest absolute Gasteiger partial charge is 0.507 e. The summed E-state index contributed by atoms with van der Waals surface area (Å²) < 4.78 is 28.4. The Morgan fingerprint density at radius 3 is 1.43 bits per heavy atom. The van der Waals surface area contributed by atoms with Crippen molar-refractivity contribution in [3.05, 3.63) is 77.4 Å². The molecule has 0 radical (unpaired) electrons. The lowest BCUT2D eigenvalue weighted by Crippen LogP contribution is -2.54. The molecule has 0 amide bonds. The van der Waals surface area contributed by atoms with Crippen molar-refractivity contribution < 1.29 is 44.1 Å². The minimum atomic E-state index is -0.810. The number of alkyl halides is 1. The topological polar surface area (TPSA) is 163 Å². The van der Waals surface area contributed by atoms with Crippen LogP contribution in [0.1, 0.15) is 62.9 Å². The molecule has 3 aromatic carbocycles. The van der Waals surface area contributed by atoms with Crippen LogP contribution < -0.4 is 30.2 Å². The maximum absolute atomic E-state index is 11.1. The summed E-state index contributed by atoms with van der Waals surface area (Å²) in [6.07, 6.45) is -3.13. The van der Waals surface area contributed by atoms with Gasteiger partial charge < -0.3 is 44.1 Å². The first-order chi connectivity index (χ1) is 22.5. The zero-order valence-corrected chi connectivity index (χ0v) is 29.2. The predicted octanol–water partition coefficient (Wildman–Crippen LogP) is 4.38. The molecular formula is C34H46IN3O9. The van der Waals surface area contributed by atoms with Crippen LogP contribution in [0.4, 0.5) is 0 Å². The van der Waals surface area contributed by atoms with Crippen LogP contribution in [0, 0.1) is 0 Å². The van der Waals surface area contributed by atoms with Gasteiger partial charge in [0.25, 0.3) is 0 Å². The molecule has 4 atom stereocenters. The molecule has 3 aromatic rings. The Hall–Kier alpha value is -2.89. The van der Waals surface area contributed by atoms with Gasteiger partial charge in [-0.3, -0.25) is 16.0 Å². The highest BCUT2D eigenvalue weighted by Gasteiger charge is 2.32. The number of benzene rings is 3. The Kier molecular flexibility index (Phi) is 14.2. The summed E-state index contributed by atoms with van der Waals surface area (Å²) in [6.45, 7) is 7.88. The highest BCUT2D eigenvalue weighted by Crippen LogP contribution is 2.36. The van der Waals surface area contributed by atoms with E-state index in [0.29, 0.717) is 27.2 Å². The molecule has 4 rings (SSSR count). The van der Waals surface area contributed by atoms with Crippen LogP contribution in [0.2, 0.25) is 0 Å². The minimum absolute atomic E-state index is 0.00458. The van der Waals surface area contributed by atoms with Gasteiger partial charge in [0.2, 0.25) is 0 Å². The standard InChI is InChI=1S/C34H46IN3O9/c1-20(2)43-15-23(39)17-45-26-9-11-28(30(41)13-26)33-36-32(22-5-7-25(8-6-22)47-19-35)37-34(38-33)29-12-10-27(14-31(29)42)46-18-24(40)16-44-21(3)4/h5-14,20-21,23-24,32-34,36-42H,15-19H2,1-4H3. The number of ether oxygens (including phenoxy) is 5. The summed E-state index contributed by atoms with van der Waals surface area (Å²) in [4.78, 5) is 0. The minimum Gasteiger partial charge on any atom is -0.507 e. The van der Waals surface area contributed by atoms with E-state index in [1.54, 1.807) is 24.3 Å². The van der Waals surface area contributed by atoms with E-state index in [4.69, 9.17) is 23.7 Å². The summed E-state index contributed by atoms with van der Waals surface area (Å²) >= 11 is 2.14. The molecule has 13 heteroatoms. The Bertz CT molecular complexity index is 1320. The average molecular weight is 768 g/mol. The quantitative estimate of drug-likeness (QED) is 0.0769. The maximum atomic E-state index is 11.1. The van der Waals surface area contributed by atoms with Crippen molar-refractivity contribution in [3.8, 4) is 28.7 Å². The van der Waals surface area contributed by atoms with Gasteiger partial charge in [0, 0.05) is 23.3 Å². The molecule has 1 fully saturated rings. The molecule has 0 saturated carbocycles. The number of aliphatic hydroxyl groups is 2. The summed E-state index contributed by atoms with van der Waals surface area (Å²) in [5, 5.41) is 52.9. The normalized spacial score (nSPS) is 19.5. The number of nitrogens with one attached hydrogen (secondary N) is 3. The SMILES string of the molecule is CC(C)OCC(O)COc1ccc(C2NC(c3ccc(OCI)cc3)NC(c3ccc(OCC(O)COC(C)C)cc3O)N2)c(O)c1. The van der Waals surface area contributed by atoms with Crippen LogP contribution in [0.5, 0.6) is 28.7 Å². The van der Waals surface area contributed by atoms with Gasteiger partial charge in [0.15, 0.2) is 0 Å². The Morgan fingerprint density at radius 1 is 0.596 bits per heavy atom.